The van der Waals surface area contributed by atoms with Crippen LogP contribution in [0, 0.1) is 13.8 Å². The first-order chi connectivity index (χ1) is 28.5. The van der Waals surface area contributed by atoms with Crippen LogP contribution in [0.2, 0.25) is 0 Å². The first-order valence-corrected chi connectivity index (χ1v) is 24.1. The molecule has 2 aliphatic carbocycles. The topological polar surface area (TPSA) is 25.8 Å². The highest BCUT2D eigenvalue weighted by molar-refractivity contribution is 7.31. The van der Waals surface area contributed by atoms with Crippen molar-refractivity contribution in [2.24, 2.45) is 0 Å². The number of hydrogen-bond donors (Lipinski definition) is 0. The van der Waals surface area contributed by atoms with Gasteiger partial charge < -0.3 is 0 Å². The summed E-state index contributed by atoms with van der Waals surface area (Å²) < 4.78 is 2.73. The van der Waals surface area contributed by atoms with Gasteiger partial charge in [0.15, 0.2) is 0 Å². The summed E-state index contributed by atoms with van der Waals surface area (Å²) in [6.07, 6.45) is 3.63. The first-order valence-electron chi connectivity index (χ1n) is 20.0. The van der Waals surface area contributed by atoms with E-state index in [0.29, 0.717) is 0 Å². The minimum atomic E-state index is -0.119. The molecule has 0 bridgehead atoms. The highest BCUT2D eigenvalue weighted by atomic mass is 32.1. The van der Waals surface area contributed by atoms with E-state index in [9.17, 15) is 0 Å². The van der Waals surface area contributed by atoms with Crippen LogP contribution in [0.4, 0.5) is 0 Å². The second-order valence-electron chi connectivity index (χ2n) is 17.1. The molecule has 0 radical (unpaired) electrons. The van der Waals surface area contributed by atoms with E-state index in [0.717, 1.165) is 11.0 Å². The molecule has 4 aromatic carbocycles. The molecule has 0 N–H and O–H groups in total. The maximum atomic E-state index is 4.82. The Balaban J connectivity index is 0.836. The number of rotatable bonds is 5. The molecule has 0 saturated heterocycles. The second kappa shape index (κ2) is 12.7. The van der Waals surface area contributed by atoms with Gasteiger partial charge in [-0.15, -0.1) is 56.7 Å². The summed E-state index contributed by atoms with van der Waals surface area (Å²) in [6, 6.07) is 42.1. The van der Waals surface area contributed by atoms with Crippen molar-refractivity contribution in [2.75, 3.05) is 0 Å². The molecule has 6 aromatic heterocycles. The second-order valence-corrected chi connectivity index (χ2v) is 22.7. The van der Waals surface area contributed by atoms with Crippen molar-refractivity contribution in [1.29, 1.82) is 0 Å². The third kappa shape index (κ3) is 5.38. The zero-order valence-electron chi connectivity index (χ0n) is 33.5. The number of thiophene rings is 5. The Kier molecular flexibility index (Phi) is 7.75. The Morgan fingerprint density at radius 1 is 0.390 bits per heavy atom. The average Bonchev–Trinajstić information content (AvgIpc) is 4.11. The molecule has 2 nitrogen and oxygen atoms in total. The van der Waals surface area contributed by atoms with Crippen molar-refractivity contribution in [3.8, 4) is 73.1 Å². The third-order valence-electron chi connectivity index (χ3n) is 12.7. The molecule has 0 atom stereocenters. The van der Waals surface area contributed by atoms with Crippen molar-refractivity contribution >= 4 is 77.1 Å². The quantitative estimate of drug-likeness (QED) is 0.172. The lowest BCUT2D eigenvalue weighted by molar-refractivity contribution is 0.660. The summed E-state index contributed by atoms with van der Waals surface area (Å²) in [5.74, 6) is 0. The molecular weight excluding hydrogens is 813 g/mol. The highest BCUT2D eigenvalue weighted by Gasteiger charge is 2.37. The summed E-state index contributed by atoms with van der Waals surface area (Å²) in [4.78, 5) is 19.8. The van der Waals surface area contributed by atoms with Crippen molar-refractivity contribution < 1.29 is 0 Å². The molecule has 0 spiro atoms. The highest BCUT2D eigenvalue weighted by Crippen LogP contribution is 2.54. The van der Waals surface area contributed by atoms with Gasteiger partial charge in [0.25, 0.3) is 0 Å². The van der Waals surface area contributed by atoms with E-state index in [2.05, 4.69) is 151 Å². The number of hydrogen-bond acceptors (Lipinski definition) is 7. The third-order valence-corrected chi connectivity index (χ3v) is 18.7. The maximum Gasteiger partial charge on any atom is 0.109 e. The molecule has 2 aliphatic rings. The van der Waals surface area contributed by atoms with E-state index in [4.69, 9.17) is 9.97 Å². The van der Waals surface area contributed by atoms with Gasteiger partial charge >= 0.3 is 0 Å². The van der Waals surface area contributed by atoms with Gasteiger partial charge in [0, 0.05) is 61.9 Å². The van der Waals surface area contributed by atoms with Gasteiger partial charge in [-0.2, -0.15) is 0 Å². The maximum absolute atomic E-state index is 4.82. The van der Waals surface area contributed by atoms with Gasteiger partial charge in [-0.25, -0.2) is 0 Å². The Bertz CT molecular complexity index is 3340. The molecule has 12 rings (SSSR count). The first kappa shape index (κ1) is 35.9. The molecule has 6 heterocycles. The van der Waals surface area contributed by atoms with Gasteiger partial charge in [-0.05, 0) is 130 Å². The summed E-state index contributed by atoms with van der Waals surface area (Å²) in [6.45, 7) is 13.9. The van der Waals surface area contributed by atoms with Gasteiger partial charge in [-0.1, -0.05) is 87.9 Å². The number of aryl methyl sites for hydroxylation is 2. The van der Waals surface area contributed by atoms with E-state index in [1.807, 2.05) is 69.1 Å². The number of benzene rings is 4. The van der Waals surface area contributed by atoms with Crippen LogP contribution in [-0.2, 0) is 10.8 Å². The molecule has 0 unspecified atom stereocenters. The zero-order chi connectivity index (χ0) is 39.9. The minimum Gasteiger partial charge on any atom is -0.251 e. The standard InChI is InChI=1S/C52H38N2S5/c1-27-7-12-32-33-14-10-30(23-38(33)51(3,4)36(32)21-27)43-25-45-46(57-43)26-44(58-45)31-11-15-35-34-13-9-29(22-37(34)52(5,6)39(35)24-31)40-17-18-42(56-40)50-48-47(53-19-20-54-48)49(59-50)41-16-8-28(2)55-41/h7-26H,1-6H3. The fraction of sp³-hybridized carbons (Fsp3) is 0.154. The SMILES string of the molecule is Cc1ccc2c(c1)C(C)(C)c1cc(-c3cc4sc(-c5ccc6c(c5)C(C)(C)c5cc(-c7ccc(-c8sc(-c9ccc(C)s9)c9nccnc89)s7)ccc5-6)cc4s3)ccc1-2. The zero-order valence-corrected chi connectivity index (χ0v) is 37.6. The molecule has 59 heavy (non-hydrogen) atoms. The van der Waals surface area contributed by atoms with Gasteiger partial charge in [0.2, 0.25) is 0 Å². The van der Waals surface area contributed by atoms with Crippen LogP contribution in [0.5, 0.6) is 0 Å². The van der Waals surface area contributed by atoms with E-state index in [1.54, 1.807) is 0 Å². The van der Waals surface area contributed by atoms with Crippen LogP contribution >= 0.6 is 56.7 Å². The smallest absolute Gasteiger partial charge is 0.109 e. The lowest BCUT2D eigenvalue weighted by Crippen LogP contribution is -2.15. The summed E-state index contributed by atoms with van der Waals surface area (Å²) in [5, 5.41) is 0. The largest absolute Gasteiger partial charge is 0.251 e. The Hall–Kier alpha value is -5.02. The normalized spacial score (nSPS) is 14.5. The molecule has 286 valence electrons. The lowest BCUT2D eigenvalue weighted by atomic mass is 9.81. The molecular formula is C52H38N2S5. The molecule has 0 fully saturated rings. The summed E-state index contributed by atoms with van der Waals surface area (Å²) in [5.41, 5.74) is 18.2. The van der Waals surface area contributed by atoms with Crippen molar-refractivity contribution in [3.05, 3.63) is 154 Å². The molecule has 10 aromatic rings. The van der Waals surface area contributed by atoms with Crippen LogP contribution < -0.4 is 0 Å². The van der Waals surface area contributed by atoms with Crippen LogP contribution in [-0.4, -0.2) is 9.97 Å². The fourth-order valence-corrected chi connectivity index (χ4v) is 15.2. The Morgan fingerprint density at radius 2 is 0.831 bits per heavy atom. The van der Waals surface area contributed by atoms with Crippen LogP contribution in [0.1, 0.15) is 60.4 Å². The van der Waals surface area contributed by atoms with E-state index in [1.165, 1.54) is 115 Å². The summed E-state index contributed by atoms with van der Waals surface area (Å²) >= 11 is 9.32. The van der Waals surface area contributed by atoms with Crippen LogP contribution in [0.15, 0.2) is 122 Å². The monoisotopic (exact) mass is 850 g/mol. The van der Waals surface area contributed by atoms with Crippen LogP contribution in [0.3, 0.4) is 0 Å². The van der Waals surface area contributed by atoms with Crippen molar-refractivity contribution in [2.45, 2.75) is 52.4 Å². The van der Waals surface area contributed by atoms with E-state index >= 15 is 0 Å². The molecule has 7 heteroatoms. The van der Waals surface area contributed by atoms with Gasteiger partial charge in [-0.3, -0.25) is 9.97 Å². The van der Waals surface area contributed by atoms with Crippen LogP contribution in [0.25, 0.3) is 93.5 Å². The molecule has 0 saturated carbocycles. The van der Waals surface area contributed by atoms with E-state index < -0.39 is 0 Å². The molecule has 0 amide bonds. The van der Waals surface area contributed by atoms with Gasteiger partial charge in [0.05, 0.1) is 9.75 Å². The predicted molar refractivity (Wildman–Crippen MR) is 258 cm³/mol. The molecule has 0 aliphatic heterocycles. The Labute approximate surface area is 364 Å². The van der Waals surface area contributed by atoms with Crippen molar-refractivity contribution in [1.82, 2.24) is 9.97 Å². The number of fused-ring (bicyclic) bond motifs is 8. The van der Waals surface area contributed by atoms with Gasteiger partial charge in [0.1, 0.15) is 11.0 Å². The number of nitrogens with zero attached hydrogens (tertiary/aromatic N) is 2. The van der Waals surface area contributed by atoms with Crippen molar-refractivity contribution in [3.63, 3.8) is 0 Å². The fourth-order valence-electron chi connectivity index (χ4n) is 9.54. The predicted octanol–water partition coefficient (Wildman–Crippen LogP) is 16.7. The lowest BCUT2D eigenvalue weighted by Gasteiger charge is -2.22. The number of aromatic nitrogens is 2. The van der Waals surface area contributed by atoms with E-state index in [-0.39, 0.29) is 10.8 Å². The Morgan fingerprint density at radius 3 is 1.34 bits per heavy atom. The summed E-state index contributed by atoms with van der Waals surface area (Å²) in [7, 11) is 0. The minimum absolute atomic E-state index is 0.00492. The average molecular weight is 851 g/mol.